The number of hydrogen-bond donors (Lipinski definition) is 1. The van der Waals surface area contributed by atoms with E-state index in [9.17, 15) is 4.79 Å². The number of aliphatic imine (C=N–C) groups is 1. The number of hydrogen-bond acceptors (Lipinski definition) is 2. The predicted octanol–water partition coefficient (Wildman–Crippen LogP) is 1.15. The lowest BCUT2D eigenvalue weighted by Crippen LogP contribution is -2.11. The zero-order valence-corrected chi connectivity index (χ0v) is 6.27. The van der Waals surface area contributed by atoms with E-state index in [1.165, 1.54) is 0 Å². The number of fused-ring (bicyclic) bond motifs is 1. The number of rotatable bonds is 1. The van der Waals surface area contributed by atoms with Crippen LogP contribution in [0.5, 0.6) is 0 Å². The number of carbonyl (C=O) groups is 1. The number of carboxylic acids is 1. The molecule has 0 aromatic rings. The molecule has 2 rings (SSSR count). The molecule has 12 heavy (non-hydrogen) atoms. The zero-order chi connectivity index (χ0) is 8.55. The highest BCUT2D eigenvalue weighted by molar-refractivity contribution is 6.08. The molecule has 1 atom stereocenters. The summed E-state index contributed by atoms with van der Waals surface area (Å²) in [6.45, 7) is 0. The van der Waals surface area contributed by atoms with Crippen LogP contribution in [-0.4, -0.2) is 16.8 Å². The van der Waals surface area contributed by atoms with Gasteiger partial charge in [-0.05, 0) is 6.08 Å². The Morgan fingerprint density at radius 2 is 2.33 bits per heavy atom. The van der Waals surface area contributed by atoms with Crippen molar-refractivity contribution in [2.45, 2.75) is 0 Å². The van der Waals surface area contributed by atoms with E-state index < -0.39 is 5.97 Å². The minimum atomic E-state index is -0.903. The summed E-state index contributed by atoms with van der Waals surface area (Å²) in [4.78, 5) is 14.6. The van der Waals surface area contributed by atoms with E-state index in [1.54, 1.807) is 18.4 Å². The van der Waals surface area contributed by atoms with Crippen LogP contribution in [0.2, 0.25) is 0 Å². The molecule has 0 amide bonds. The van der Waals surface area contributed by atoms with Gasteiger partial charge in [0, 0.05) is 12.1 Å². The van der Waals surface area contributed by atoms with Gasteiger partial charge in [-0.3, -0.25) is 4.99 Å². The number of nitrogens with zero attached hydrogens (tertiary/aromatic N) is 1. The van der Waals surface area contributed by atoms with Crippen LogP contribution in [0.25, 0.3) is 0 Å². The summed E-state index contributed by atoms with van der Waals surface area (Å²) < 4.78 is 0. The van der Waals surface area contributed by atoms with Crippen LogP contribution >= 0.6 is 0 Å². The first-order valence-corrected chi connectivity index (χ1v) is 3.65. The molecule has 1 heterocycles. The van der Waals surface area contributed by atoms with Crippen molar-refractivity contribution >= 4 is 11.7 Å². The van der Waals surface area contributed by atoms with Gasteiger partial charge in [0.25, 0.3) is 0 Å². The van der Waals surface area contributed by atoms with Gasteiger partial charge in [0.15, 0.2) is 0 Å². The number of carboxylic acid groups (broad SMARTS) is 1. The Kier molecular flexibility index (Phi) is 1.43. The maximum absolute atomic E-state index is 10.5. The van der Waals surface area contributed by atoms with Gasteiger partial charge in [-0.15, -0.1) is 0 Å². The monoisotopic (exact) mass is 161 g/mol. The third-order valence-electron chi connectivity index (χ3n) is 1.89. The molecule has 0 fully saturated rings. The van der Waals surface area contributed by atoms with Gasteiger partial charge in [0.2, 0.25) is 0 Å². The van der Waals surface area contributed by atoms with Crippen molar-refractivity contribution in [3.05, 3.63) is 36.1 Å². The molecule has 0 aromatic heterocycles. The first-order valence-electron chi connectivity index (χ1n) is 3.65. The predicted molar refractivity (Wildman–Crippen MR) is 44.9 cm³/mol. The van der Waals surface area contributed by atoms with Gasteiger partial charge in [-0.25, -0.2) is 4.79 Å². The molecule has 0 aromatic carbocycles. The fraction of sp³-hybridized carbons (Fsp3) is 0.111. The molecule has 3 heteroatoms. The first-order chi connectivity index (χ1) is 5.77. The molecular formula is C9H7NO2. The Hall–Kier alpha value is -1.64. The zero-order valence-electron chi connectivity index (χ0n) is 6.27. The smallest absolute Gasteiger partial charge is 0.335 e. The van der Waals surface area contributed by atoms with Crippen LogP contribution in [0, 0.1) is 5.92 Å². The Bertz CT molecular complexity index is 348. The minimum Gasteiger partial charge on any atom is -0.478 e. The van der Waals surface area contributed by atoms with Crippen molar-refractivity contribution in [3.63, 3.8) is 0 Å². The SMILES string of the molecule is O=C(O)C1=CC2=NC=CC2C=C1. The maximum Gasteiger partial charge on any atom is 0.335 e. The molecule has 1 aliphatic carbocycles. The van der Waals surface area contributed by atoms with Crippen molar-refractivity contribution in [2.24, 2.45) is 10.9 Å². The van der Waals surface area contributed by atoms with E-state index in [0.29, 0.717) is 5.57 Å². The second-order valence-electron chi connectivity index (χ2n) is 2.69. The van der Waals surface area contributed by atoms with Gasteiger partial charge in [-0.2, -0.15) is 0 Å². The topological polar surface area (TPSA) is 49.7 Å². The van der Waals surface area contributed by atoms with Gasteiger partial charge in [0.05, 0.1) is 11.3 Å². The Morgan fingerprint density at radius 1 is 1.50 bits per heavy atom. The van der Waals surface area contributed by atoms with Crippen molar-refractivity contribution in [3.8, 4) is 0 Å². The lowest BCUT2D eigenvalue weighted by Gasteiger charge is -2.08. The Labute approximate surface area is 69.4 Å². The molecule has 1 unspecified atom stereocenters. The second-order valence-corrected chi connectivity index (χ2v) is 2.69. The Morgan fingerprint density at radius 3 is 3.08 bits per heavy atom. The molecule has 3 nitrogen and oxygen atoms in total. The summed E-state index contributed by atoms with van der Waals surface area (Å²) in [6.07, 6.45) is 8.69. The highest BCUT2D eigenvalue weighted by atomic mass is 16.4. The van der Waals surface area contributed by atoms with Gasteiger partial charge < -0.3 is 5.11 Å². The average Bonchev–Trinajstić information content (AvgIpc) is 2.49. The van der Waals surface area contributed by atoms with Crippen molar-refractivity contribution < 1.29 is 9.90 Å². The van der Waals surface area contributed by atoms with E-state index in [4.69, 9.17) is 5.11 Å². The van der Waals surface area contributed by atoms with E-state index in [0.717, 1.165) is 5.71 Å². The summed E-state index contributed by atoms with van der Waals surface area (Å²) in [5.41, 5.74) is 1.11. The lowest BCUT2D eigenvalue weighted by atomic mass is 9.96. The van der Waals surface area contributed by atoms with Crippen LogP contribution in [0.15, 0.2) is 41.1 Å². The molecule has 0 saturated heterocycles. The number of aliphatic carboxylic acids is 1. The number of allylic oxidation sites excluding steroid dienone is 3. The molecular weight excluding hydrogens is 154 g/mol. The molecule has 0 spiro atoms. The summed E-state index contributed by atoms with van der Waals surface area (Å²) in [6, 6.07) is 0. The van der Waals surface area contributed by atoms with Gasteiger partial charge in [0.1, 0.15) is 0 Å². The first kappa shape index (κ1) is 7.03. The quantitative estimate of drug-likeness (QED) is 0.627. The summed E-state index contributed by atoms with van der Waals surface area (Å²) >= 11 is 0. The summed E-state index contributed by atoms with van der Waals surface area (Å²) in [5, 5.41) is 8.66. The van der Waals surface area contributed by atoms with Gasteiger partial charge >= 0.3 is 5.97 Å². The van der Waals surface area contributed by atoms with E-state index in [2.05, 4.69) is 4.99 Å². The highest BCUT2D eigenvalue weighted by Crippen LogP contribution is 2.19. The largest absolute Gasteiger partial charge is 0.478 e. The molecule has 0 saturated carbocycles. The Balaban J connectivity index is 2.34. The van der Waals surface area contributed by atoms with E-state index in [-0.39, 0.29) is 5.92 Å². The molecule has 2 aliphatic rings. The average molecular weight is 161 g/mol. The van der Waals surface area contributed by atoms with Crippen LogP contribution < -0.4 is 0 Å². The molecule has 60 valence electrons. The molecule has 1 aliphatic heterocycles. The molecule has 0 bridgehead atoms. The van der Waals surface area contributed by atoms with Crippen LogP contribution in [0.1, 0.15) is 0 Å². The summed E-state index contributed by atoms with van der Waals surface area (Å²) in [5.74, 6) is -0.715. The van der Waals surface area contributed by atoms with Crippen molar-refractivity contribution in [1.82, 2.24) is 0 Å². The minimum absolute atomic E-state index is 0.188. The third kappa shape index (κ3) is 0.993. The third-order valence-corrected chi connectivity index (χ3v) is 1.89. The second kappa shape index (κ2) is 2.44. The van der Waals surface area contributed by atoms with Crippen molar-refractivity contribution in [1.29, 1.82) is 0 Å². The van der Waals surface area contributed by atoms with Crippen LogP contribution in [0.3, 0.4) is 0 Å². The van der Waals surface area contributed by atoms with Crippen LogP contribution in [0.4, 0.5) is 0 Å². The highest BCUT2D eigenvalue weighted by Gasteiger charge is 2.18. The lowest BCUT2D eigenvalue weighted by molar-refractivity contribution is -0.132. The molecule has 1 N–H and O–H groups in total. The maximum atomic E-state index is 10.5. The van der Waals surface area contributed by atoms with E-state index >= 15 is 0 Å². The van der Waals surface area contributed by atoms with Crippen molar-refractivity contribution in [2.75, 3.05) is 0 Å². The standard InChI is InChI=1S/C9H7NO2/c11-9(12)7-2-1-6-3-4-10-8(6)5-7/h1-6H,(H,11,12). The van der Waals surface area contributed by atoms with Crippen LogP contribution in [-0.2, 0) is 4.79 Å². The fourth-order valence-corrected chi connectivity index (χ4v) is 1.25. The molecule has 0 radical (unpaired) electrons. The fourth-order valence-electron chi connectivity index (χ4n) is 1.25. The normalized spacial score (nSPS) is 24.8. The summed E-state index contributed by atoms with van der Waals surface area (Å²) in [7, 11) is 0. The van der Waals surface area contributed by atoms with E-state index in [1.807, 2.05) is 12.2 Å². The van der Waals surface area contributed by atoms with Gasteiger partial charge in [-0.1, -0.05) is 18.2 Å².